The molecule has 1 spiro atoms. The Balaban J connectivity index is 1.71. The molecule has 4 aliphatic rings. The van der Waals surface area contributed by atoms with Gasteiger partial charge in [0, 0.05) is 5.92 Å². The Morgan fingerprint density at radius 1 is 0.905 bits per heavy atom. The van der Waals surface area contributed by atoms with E-state index in [4.69, 9.17) is 0 Å². The van der Waals surface area contributed by atoms with Crippen molar-refractivity contribution in [2.24, 2.45) is 39.9 Å². The molecule has 4 aliphatic carbocycles. The Kier molecular flexibility index (Phi) is 2.96. The van der Waals surface area contributed by atoms with Crippen LogP contribution in [0.1, 0.15) is 78.6 Å². The topological polar surface area (TPSA) is 17.1 Å². The lowest BCUT2D eigenvalue weighted by molar-refractivity contribution is -0.144. The Bertz CT molecular complexity index is 453. The van der Waals surface area contributed by atoms with Gasteiger partial charge in [0.2, 0.25) is 0 Å². The van der Waals surface area contributed by atoms with Gasteiger partial charge in [-0.15, -0.1) is 0 Å². The average Bonchev–Trinajstić information content (AvgIpc) is 2.68. The highest BCUT2D eigenvalue weighted by molar-refractivity contribution is 5.55. The minimum absolute atomic E-state index is 0.395. The standard InChI is InChI=1S/C20H32O/c1-18(2)8-4-9-19(3)16(18)7-10-20-11-14(5-6-17(19)20)15(12-20)13-21/h13-17H,4-12H2,1-3H3/t14-,15+,16-,17+,19-,20+/m1/s1. The first-order valence-electron chi connectivity index (χ1n) is 9.37. The van der Waals surface area contributed by atoms with E-state index in [1.807, 2.05) is 0 Å². The third kappa shape index (κ3) is 1.78. The maximum atomic E-state index is 11.5. The van der Waals surface area contributed by atoms with Crippen molar-refractivity contribution in [3.63, 3.8) is 0 Å². The molecule has 0 aliphatic heterocycles. The molecule has 0 unspecified atom stereocenters. The van der Waals surface area contributed by atoms with Crippen molar-refractivity contribution in [1.82, 2.24) is 0 Å². The van der Waals surface area contributed by atoms with Gasteiger partial charge in [-0.25, -0.2) is 0 Å². The van der Waals surface area contributed by atoms with Crippen molar-refractivity contribution in [1.29, 1.82) is 0 Å². The van der Waals surface area contributed by atoms with Crippen molar-refractivity contribution in [3.8, 4) is 0 Å². The molecule has 0 N–H and O–H groups in total. The van der Waals surface area contributed by atoms with Crippen LogP contribution in [0.4, 0.5) is 0 Å². The molecule has 118 valence electrons. The molecular weight excluding hydrogens is 256 g/mol. The monoisotopic (exact) mass is 288 g/mol. The van der Waals surface area contributed by atoms with Crippen molar-refractivity contribution >= 4 is 6.29 Å². The molecule has 2 bridgehead atoms. The van der Waals surface area contributed by atoms with E-state index in [0.717, 1.165) is 17.8 Å². The zero-order valence-corrected chi connectivity index (χ0v) is 14.2. The van der Waals surface area contributed by atoms with Gasteiger partial charge in [-0.3, -0.25) is 0 Å². The lowest BCUT2D eigenvalue weighted by Crippen LogP contribution is -2.55. The van der Waals surface area contributed by atoms with E-state index in [2.05, 4.69) is 20.8 Å². The minimum atomic E-state index is 0.395. The van der Waals surface area contributed by atoms with Gasteiger partial charge in [0.05, 0.1) is 0 Å². The lowest BCUT2D eigenvalue weighted by Gasteiger charge is -2.64. The van der Waals surface area contributed by atoms with Crippen LogP contribution in [0.15, 0.2) is 0 Å². The molecule has 0 heterocycles. The van der Waals surface area contributed by atoms with Gasteiger partial charge in [0.15, 0.2) is 0 Å². The van der Waals surface area contributed by atoms with Crippen molar-refractivity contribution in [2.75, 3.05) is 0 Å². The second-order valence-corrected chi connectivity index (χ2v) is 9.90. The highest BCUT2D eigenvalue weighted by Crippen LogP contribution is 2.72. The Labute approximate surface area is 130 Å². The fourth-order valence-electron chi connectivity index (χ4n) is 7.98. The average molecular weight is 288 g/mol. The van der Waals surface area contributed by atoms with E-state index in [0.29, 0.717) is 22.2 Å². The summed E-state index contributed by atoms with van der Waals surface area (Å²) in [5.41, 5.74) is 1.64. The Hall–Kier alpha value is -0.330. The third-order valence-electron chi connectivity index (χ3n) is 8.66. The molecule has 1 nitrogen and oxygen atoms in total. The molecule has 4 fully saturated rings. The van der Waals surface area contributed by atoms with Crippen molar-refractivity contribution in [2.45, 2.75) is 78.6 Å². The molecular formula is C20H32O. The highest BCUT2D eigenvalue weighted by atomic mass is 16.1. The molecule has 0 aromatic rings. The Morgan fingerprint density at radius 2 is 1.71 bits per heavy atom. The number of hydrogen-bond donors (Lipinski definition) is 0. The van der Waals surface area contributed by atoms with Crippen molar-refractivity contribution < 1.29 is 4.79 Å². The summed E-state index contributed by atoms with van der Waals surface area (Å²) in [6, 6.07) is 0. The normalized spacial score (nSPS) is 54.6. The van der Waals surface area contributed by atoms with Crippen LogP contribution in [0.25, 0.3) is 0 Å². The second-order valence-electron chi connectivity index (χ2n) is 9.90. The predicted molar refractivity (Wildman–Crippen MR) is 85.9 cm³/mol. The summed E-state index contributed by atoms with van der Waals surface area (Å²) in [7, 11) is 0. The van der Waals surface area contributed by atoms with Crippen LogP contribution in [-0.4, -0.2) is 6.29 Å². The SMILES string of the molecule is CC1(C)CCC[C@]2(C)[C@@H]1CC[C@@]13C[C@@H](CC[C@H]12)[C@H](C=O)C3. The summed E-state index contributed by atoms with van der Waals surface area (Å²) in [4.78, 5) is 11.5. The van der Waals surface area contributed by atoms with Gasteiger partial charge in [-0.05, 0) is 85.4 Å². The molecule has 0 saturated heterocycles. The van der Waals surface area contributed by atoms with Crippen LogP contribution in [0, 0.1) is 39.9 Å². The van der Waals surface area contributed by atoms with Crippen LogP contribution in [0.5, 0.6) is 0 Å². The lowest BCUT2D eigenvalue weighted by atomic mass is 9.41. The molecule has 0 radical (unpaired) electrons. The van der Waals surface area contributed by atoms with Gasteiger partial charge in [-0.2, -0.15) is 0 Å². The molecule has 4 rings (SSSR count). The van der Waals surface area contributed by atoms with Gasteiger partial charge in [-0.1, -0.05) is 27.2 Å². The van der Waals surface area contributed by atoms with Crippen LogP contribution >= 0.6 is 0 Å². The summed E-state index contributed by atoms with van der Waals surface area (Å²) in [6.07, 6.45) is 13.8. The third-order valence-corrected chi connectivity index (χ3v) is 8.66. The van der Waals surface area contributed by atoms with E-state index in [-0.39, 0.29) is 0 Å². The summed E-state index contributed by atoms with van der Waals surface area (Å²) in [5, 5.41) is 0. The second kappa shape index (κ2) is 4.36. The number of aldehydes is 1. The summed E-state index contributed by atoms with van der Waals surface area (Å²) in [5.74, 6) is 2.95. The fourth-order valence-corrected chi connectivity index (χ4v) is 7.98. The smallest absolute Gasteiger partial charge is 0.123 e. The predicted octanol–water partition coefficient (Wildman–Crippen LogP) is 5.23. The first-order valence-corrected chi connectivity index (χ1v) is 9.37. The van der Waals surface area contributed by atoms with E-state index in [1.54, 1.807) is 0 Å². The van der Waals surface area contributed by atoms with Crippen molar-refractivity contribution in [3.05, 3.63) is 0 Å². The van der Waals surface area contributed by atoms with E-state index < -0.39 is 0 Å². The largest absolute Gasteiger partial charge is 0.303 e. The summed E-state index contributed by atoms with van der Waals surface area (Å²) >= 11 is 0. The summed E-state index contributed by atoms with van der Waals surface area (Å²) in [6.45, 7) is 7.70. The number of rotatable bonds is 1. The summed E-state index contributed by atoms with van der Waals surface area (Å²) < 4.78 is 0. The first-order chi connectivity index (χ1) is 9.91. The van der Waals surface area contributed by atoms with E-state index in [1.165, 1.54) is 64.1 Å². The van der Waals surface area contributed by atoms with Gasteiger partial charge < -0.3 is 4.79 Å². The van der Waals surface area contributed by atoms with Crippen LogP contribution in [0.3, 0.4) is 0 Å². The minimum Gasteiger partial charge on any atom is -0.303 e. The quantitative estimate of drug-likeness (QED) is 0.603. The van der Waals surface area contributed by atoms with E-state index in [9.17, 15) is 4.79 Å². The van der Waals surface area contributed by atoms with Gasteiger partial charge in [0.25, 0.3) is 0 Å². The zero-order chi connectivity index (χ0) is 14.9. The van der Waals surface area contributed by atoms with Crippen LogP contribution < -0.4 is 0 Å². The highest BCUT2D eigenvalue weighted by Gasteiger charge is 2.63. The molecule has 0 aromatic heterocycles. The molecule has 6 atom stereocenters. The molecule has 0 aromatic carbocycles. The fraction of sp³-hybridized carbons (Fsp3) is 0.950. The Morgan fingerprint density at radius 3 is 2.48 bits per heavy atom. The molecule has 0 amide bonds. The van der Waals surface area contributed by atoms with Gasteiger partial charge >= 0.3 is 0 Å². The number of carbonyl (C=O) groups excluding carboxylic acids is 1. The molecule has 1 heteroatoms. The zero-order valence-electron chi connectivity index (χ0n) is 14.2. The number of fused-ring (bicyclic) bond motifs is 3. The van der Waals surface area contributed by atoms with Gasteiger partial charge in [0.1, 0.15) is 6.29 Å². The van der Waals surface area contributed by atoms with Crippen LogP contribution in [0.2, 0.25) is 0 Å². The maximum absolute atomic E-state index is 11.5. The molecule has 4 saturated carbocycles. The first kappa shape index (κ1) is 14.3. The number of hydrogen-bond acceptors (Lipinski definition) is 1. The van der Waals surface area contributed by atoms with Crippen LogP contribution in [-0.2, 0) is 4.79 Å². The number of carbonyl (C=O) groups is 1. The maximum Gasteiger partial charge on any atom is 0.123 e. The molecule has 21 heavy (non-hydrogen) atoms. The van der Waals surface area contributed by atoms with E-state index >= 15 is 0 Å².